The fraction of sp³-hybridized carbons (Fsp3) is 0.133. The molecule has 0 saturated heterocycles. The summed E-state index contributed by atoms with van der Waals surface area (Å²) >= 11 is 1.52. The van der Waals surface area contributed by atoms with E-state index in [9.17, 15) is 4.79 Å². The van der Waals surface area contributed by atoms with E-state index in [-0.39, 0.29) is 6.01 Å². The van der Waals surface area contributed by atoms with Gasteiger partial charge in [-0.2, -0.15) is 11.3 Å². The first-order valence-corrected chi connectivity index (χ1v) is 7.55. The zero-order valence-corrected chi connectivity index (χ0v) is 13.2. The molecule has 7 nitrogen and oxygen atoms in total. The minimum atomic E-state index is -0.412. The number of carbonyl (C=O) groups is 1. The molecular formula is C15H13N3O4S. The first-order valence-electron chi connectivity index (χ1n) is 6.60. The van der Waals surface area contributed by atoms with Crippen LogP contribution in [0.4, 0.5) is 6.01 Å². The van der Waals surface area contributed by atoms with E-state index in [4.69, 9.17) is 13.9 Å². The van der Waals surface area contributed by atoms with Crippen molar-refractivity contribution >= 4 is 23.3 Å². The van der Waals surface area contributed by atoms with Crippen LogP contribution in [-0.2, 0) is 0 Å². The molecule has 0 unspecified atom stereocenters. The van der Waals surface area contributed by atoms with Crippen LogP contribution in [-0.4, -0.2) is 30.3 Å². The highest BCUT2D eigenvalue weighted by atomic mass is 32.1. The second-order valence-electron chi connectivity index (χ2n) is 4.44. The van der Waals surface area contributed by atoms with Crippen LogP contribution in [0.25, 0.3) is 11.5 Å². The molecule has 8 heteroatoms. The van der Waals surface area contributed by atoms with Gasteiger partial charge in [-0.1, -0.05) is 5.10 Å². The fourth-order valence-corrected chi connectivity index (χ4v) is 2.56. The largest absolute Gasteiger partial charge is 0.497 e. The molecular weight excluding hydrogens is 318 g/mol. The summed E-state index contributed by atoms with van der Waals surface area (Å²) in [7, 11) is 3.02. The lowest BCUT2D eigenvalue weighted by atomic mass is 10.2. The Morgan fingerprint density at radius 1 is 1.22 bits per heavy atom. The molecule has 2 heterocycles. The van der Waals surface area contributed by atoms with Crippen molar-refractivity contribution in [3.8, 4) is 23.0 Å². The number of nitrogens with zero attached hydrogens (tertiary/aromatic N) is 2. The molecule has 118 valence electrons. The predicted molar refractivity (Wildman–Crippen MR) is 85.1 cm³/mol. The minimum absolute atomic E-state index is 0.0223. The highest BCUT2D eigenvalue weighted by Crippen LogP contribution is 2.26. The van der Waals surface area contributed by atoms with Gasteiger partial charge in [0.15, 0.2) is 0 Å². The first-order chi connectivity index (χ1) is 11.2. The zero-order chi connectivity index (χ0) is 16.2. The number of ether oxygens (including phenoxy) is 2. The van der Waals surface area contributed by atoms with Crippen LogP contribution in [0.1, 0.15) is 10.4 Å². The van der Waals surface area contributed by atoms with Crippen LogP contribution >= 0.6 is 11.3 Å². The molecule has 3 rings (SSSR count). The van der Waals surface area contributed by atoms with Crippen molar-refractivity contribution in [2.45, 2.75) is 0 Å². The topological polar surface area (TPSA) is 86.5 Å². The lowest BCUT2D eigenvalue weighted by molar-refractivity contribution is 0.102. The Morgan fingerprint density at radius 2 is 2.09 bits per heavy atom. The summed E-state index contributed by atoms with van der Waals surface area (Å²) in [4.78, 5) is 12.3. The minimum Gasteiger partial charge on any atom is -0.497 e. The normalized spacial score (nSPS) is 10.3. The second-order valence-corrected chi connectivity index (χ2v) is 5.22. The molecule has 2 aromatic heterocycles. The Labute approximate surface area is 135 Å². The maximum atomic E-state index is 12.3. The number of carbonyl (C=O) groups excluding carboxylic acids is 1. The first kappa shape index (κ1) is 15.0. The van der Waals surface area contributed by atoms with Crippen molar-refractivity contribution in [2.24, 2.45) is 0 Å². The fourth-order valence-electron chi connectivity index (χ4n) is 1.93. The number of benzene rings is 1. The number of hydrogen-bond donors (Lipinski definition) is 1. The number of methoxy groups -OCH3 is 2. The summed E-state index contributed by atoms with van der Waals surface area (Å²) in [6.07, 6.45) is 0. The van der Waals surface area contributed by atoms with Gasteiger partial charge in [-0.05, 0) is 23.6 Å². The highest BCUT2D eigenvalue weighted by Gasteiger charge is 2.17. The molecule has 0 aliphatic carbocycles. The molecule has 0 aliphatic heterocycles. The van der Waals surface area contributed by atoms with E-state index >= 15 is 0 Å². The Bertz CT molecular complexity index is 814. The Balaban J connectivity index is 1.79. The van der Waals surface area contributed by atoms with E-state index in [2.05, 4.69) is 15.5 Å². The van der Waals surface area contributed by atoms with E-state index < -0.39 is 5.91 Å². The van der Waals surface area contributed by atoms with E-state index in [0.29, 0.717) is 23.0 Å². The van der Waals surface area contributed by atoms with E-state index in [1.54, 1.807) is 25.3 Å². The summed E-state index contributed by atoms with van der Waals surface area (Å²) in [6, 6.07) is 6.77. The molecule has 0 spiro atoms. The number of amides is 1. The summed E-state index contributed by atoms with van der Waals surface area (Å²) < 4.78 is 15.7. The van der Waals surface area contributed by atoms with Crippen LogP contribution in [0.5, 0.6) is 11.5 Å². The summed E-state index contributed by atoms with van der Waals surface area (Å²) in [6.45, 7) is 0. The Hall–Kier alpha value is -2.87. The van der Waals surface area contributed by atoms with Crippen LogP contribution in [0.3, 0.4) is 0 Å². The number of rotatable bonds is 5. The Morgan fingerprint density at radius 3 is 2.78 bits per heavy atom. The van der Waals surface area contributed by atoms with E-state index in [0.717, 1.165) is 5.56 Å². The van der Waals surface area contributed by atoms with Gasteiger partial charge >= 0.3 is 6.01 Å². The number of thiophene rings is 1. The van der Waals surface area contributed by atoms with Gasteiger partial charge in [0.2, 0.25) is 0 Å². The van der Waals surface area contributed by atoms with Crippen molar-refractivity contribution < 1.29 is 18.7 Å². The van der Waals surface area contributed by atoms with Crippen LogP contribution in [0.15, 0.2) is 39.4 Å². The Kier molecular flexibility index (Phi) is 4.24. The molecule has 1 amide bonds. The third-order valence-corrected chi connectivity index (χ3v) is 3.75. The average molecular weight is 331 g/mol. The number of hydrogen-bond acceptors (Lipinski definition) is 7. The molecule has 0 aliphatic rings. The maximum absolute atomic E-state index is 12.3. The highest BCUT2D eigenvalue weighted by molar-refractivity contribution is 7.08. The number of anilines is 1. The molecule has 0 fully saturated rings. The van der Waals surface area contributed by atoms with Crippen LogP contribution in [0, 0.1) is 0 Å². The van der Waals surface area contributed by atoms with Crippen molar-refractivity contribution in [1.82, 2.24) is 10.2 Å². The van der Waals surface area contributed by atoms with Crippen molar-refractivity contribution in [3.05, 3.63) is 40.6 Å². The number of aromatic nitrogens is 2. The van der Waals surface area contributed by atoms with Gasteiger partial charge in [0.1, 0.15) is 11.5 Å². The average Bonchev–Trinajstić information content (AvgIpc) is 3.25. The lowest BCUT2D eigenvalue weighted by Crippen LogP contribution is -2.13. The summed E-state index contributed by atoms with van der Waals surface area (Å²) in [5, 5.41) is 14.1. The van der Waals surface area contributed by atoms with Gasteiger partial charge in [-0.15, -0.1) is 5.10 Å². The molecule has 3 aromatic rings. The van der Waals surface area contributed by atoms with Gasteiger partial charge in [0, 0.05) is 17.0 Å². The van der Waals surface area contributed by atoms with Crippen molar-refractivity contribution in [2.75, 3.05) is 19.5 Å². The second kappa shape index (κ2) is 6.49. The predicted octanol–water partition coefficient (Wildman–Crippen LogP) is 3.07. The quantitative estimate of drug-likeness (QED) is 0.773. The molecule has 1 N–H and O–H groups in total. The van der Waals surface area contributed by atoms with Gasteiger partial charge in [0.05, 0.1) is 19.8 Å². The van der Waals surface area contributed by atoms with E-state index in [1.807, 2.05) is 16.8 Å². The molecule has 0 bridgehead atoms. The molecule has 23 heavy (non-hydrogen) atoms. The van der Waals surface area contributed by atoms with Gasteiger partial charge in [-0.3, -0.25) is 10.1 Å². The molecule has 0 radical (unpaired) electrons. The standard InChI is InChI=1S/C15H13N3O4S/c1-20-10-3-4-11(12(7-10)21-2)13(19)16-15-18-17-14(22-15)9-5-6-23-8-9/h3-8H,1-2H3,(H,16,18,19). The van der Waals surface area contributed by atoms with Crippen molar-refractivity contribution in [3.63, 3.8) is 0 Å². The monoisotopic (exact) mass is 331 g/mol. The van der Waals surface area contributed by atoms with Crippen LogP contribution in [0.2, 0.25) is 0 Å². The summed E-state index contributed by atoms with van der Waals surface area (Å²) in [5.74, 6) is 0.920. The molecule has 0 saturated carbocycles. The molecule has 0 atom stereocenters. The number of nitrogens with one attached hydrogen (secondary N) is 1. The van der Waals surface area contributed by atoms with Crippen LogP contribution < -0.4 is 14.8 Å². The third-order valence-electron chi connectivity index (χ3n) is 3.07. The smallest absolute Gasteiger partial charge is 0.322 e. The van der Waals surface area contributed by atoms with Gasteiger partial charge < -0.3 is 13.9 Å². The maximum Gasteiger partial charge on any atom is 0.322 e. The van der Waals surface area contributed by atoms with Gasteiger partial charge in [-0.25, -0.2) is 0 Å². The van der Waals surface area contributed by atoms with Gasteiger partial charge in [0.25, 0.3) is 11.8 Å². The molecule has 1 aromatic carbocycles. The summed E-state index contributed by atoms with van der Waals surface area (Å²) in [5.41, 5.74) is 1.15. The van der Waals surface area contributed by atoms with Crippen molar-refractivity contribution in [1.29, 1.82) is 0 Å². The SMILES string of the molecule is COc1ccc(C(=O)Nc2nnc(-c3ccsc3)o2)c(OC)c1. The zero-order valence-electron chi connectivity index (χ0n) is 12.4. The lowest BCUT2D eigenvalue weighted by Gasteiger charge is -2.09. The third kappa shape index (κ3) is 3.16. The van der Waals surface area contributed by atoms with E-state index in [1.165, 1.54) is 18.4 Å².